The van der Waals surface area contributed by atoms with Crippen molar-refractivity contribution < 1.29 is 29.1 Å². The Hall–Kier alpha value is -3.65. The van der Waals surface area contributed by atoms with Gasteiger partial charge in [-0.05, 0) is 22.3 Å². The molecule has 2 aromatic rings. The van der Waals surface area contributed by atoms with Crippen molar-refractivity contribution in [2.45, 2.75) is 5.92 Å². The van der Waals surface area contributed by atoms with E-state index in [0.717, 1.165) is 28.3 Å². The van der Waals surface area contributed by atoms with Gasteiger partial charge in [-0.15, -0.1) is 0 Å². The molecule has 0 heterocycles. The zero-order chi connectivity index (χ0) is 20.6. The number of rotatable bonds is 8. The normalized spacial score (nSPS) is 12.3. The first kappa shape index (κ1) is 20.1. The summed E-state index contributed by atoms with van der Waals surface area (Å²) in [6, 6.07) is 16.1. The van der Waals surface area contributed by atoms with Crippen LogP contribution in [0.1, 0.15) is 17.0 Å². The minimum absolute atomic E-state index is 0.0270. The summed E-state index contributed by atoms with van der Waals surface area (Å²) in [6.45, 7) is -0.367. The summed E-state index contributed by atoms with van der Waals surface area (Å²) < 4.78 is 5.36. The molecule has 0 aliphatic heterocycles. The molecule has 0 atom stereocenters. The second-order valence-electron chi connectivity index (χ2n) is 6.26. The van der Waals surface area contributed by atoms with Gasteiger partial charge < -0.3 is 15.2 Å². The number of benzene rings is 2. The molecule has 150 valence electrons. The third kappa shape index (κ3) is 5.20. The molecule has 0 aromatic heterocycles. The summed E-state index contributed by atoms with van der Waals surface area (Å²) >= 11 is 0. The molecule has 3 N–H and O–H groups in total. The Morgan fingerprint density at radius 3 is 2.24 bits per heavy atom. The highest BCUT2D eigenvalue weighted by Gasteiger charge is 2.28. The largest absolute Gasteiger partial charge is 0.479 e. The summed E-state index contributed by atoms with van der Waals surface area (Å²) in [4.78, 5) is 38.0. The number of carbonyl (C=O) groups is 3. The van der Waals surface area contributed by atoms with Gasteiger partial charge in [-0.2, -0.15) is 0 Å². The fraction of sp³-hybridized carbons (Fsp3) is 0.190. The van der Waals surface area contributed by atoms with Crippen LogP contribution in [0.2, 0.25) is 0 Å². The molecule has 0 saturated carbocycles. The molecule has 0 radical (unpaired) electrons. The monoisotopic (exact) mass is 396 g/mol. The van der Waals surface area contributed by atoms with Crippen LogP contribution in [0.4, 0.5) is 4.79 Å². The molecule has 8 heteroatoms. The molecule has 29 heavy (non-hydrogen) atoms. The van der Waals surface area contributed by atoms with Crippen LogP contribution in [0, 0.1) is 0 Å². The molecular weight excluding hydrogens is 376 g/mol. The van der Waals surface area contributed by atoms with Crippen LogP contribution < -0.4 is 10.8 Å². The zero-order valence-corrected chi connectivity index (χ0v) is 15.5. The molecule has 1 aliphatic carbocycles. The zero-order valence-electron chi connectivity index (χ0n) is 15.5. The van der Waals surface area contributed by atoms with Crippen molar-refractivity contribution in [2.75, 3.05) is 19.8 Å². The van der Waals surface area contributed by atoms with E-state index in [9.17, 15) is 14.4 Å². The van der Waals surface area contributed by atoms with Gasteiger partial charge in [0.2, 0.25) is 0 Å². The Bertz CT molecular complexity index is 895. The maximum absolute atomic E-state index is 12.0. The highest BCUT2D eigenvalue weighted by molar-refractivity contribution is 5.86. The third-order valence-corrected chi connectivity index (χ3v) is 4.35. The van der Waals surface area contributed by atoms with Crippen molar-refractivity contribution in [3.05, 3.63) is 71.8 Å². The van der Waals surface area contributed by atoms with E-state index in [1.165, 1.54) is 6.08 Å². The Balaban J connectivity index is 1.46. The van der Waals surface area contributed by atoms with Crippen LogP contribution in [0.3, 0.4) is 0 Å². The van der Waals surface area contributed by atoms with E-state index < -0.39 is 24.6 Å². The number of hydrogen-bond donors (Lipinski definition) is 3. The van der Waals surface area contributed by atoms with Crippen molar-refractivity contribution in [1.82, 2.24) is 10.8 Å². The molecule has 0 spiro atoms. The summed E-state index contributed by atoms with van der Waals surface area (Å²) in [7, 11) is 0. The van der Waals surface area contributed by atoms with Crippen LogP contribution in [0.15, 0.2) is 60.7 Å². The molecule has 0 unspecified atom stereocenters. The van der Waals surface area contributed by atoms with Crippen molar-refractivity contribution in [2.24, 2.45) is 0 Å². The van der Waals surface area contributed by atoms with Gasteiger partial charge in [0.1, 0.15) is 6.61 Å². The van der Waals surface area contributed by atoms with Gasteiger partial charge >= 0.3 is 12.1 Å². The number of carboxylic acid groups (broad SMARTS) is 1. The fourth-order valence-electron chi connectivity index (χ4n) is 3.16. The van der Waals surface area contributed by atoms with Crippen molar-refractivity contribution in [1.29, 1.82) is 0 Å². The van der Waals surface area contributed by atoms with E-state index >= 15 is 0 Å². The number of carboxylic acids is 1. The molecule has 0 fully saturated rings. The summed E-state index contributed by atoms with van der Waals surface area (Å²) in [5.41, 5.74) is 6.48. The van der Waals surface area contributed by atoms with Crippen molar-refractivity contribution >= 4 is 18.0 Å². The second kappa shape index (κ2) is 9.52. The Labute approximate surface area is 167 Å². The SMILES string of the molecule is O=C(O)CONC(=O)/C=C/CNC(=O)OCC1c2ccccc2-c2ccccc21. The average Bonchev–Trinajstić information content (AvgIpc) is 3.03. The Morgan fingerprint density at radius 1 is 1.00 bits per heavy atom. The standard InChI is InChI=1S/C21H20N2O6/c24-19(23-29-13-20(25)26)10-5-11-22-21(27)28-12-18-16-8-3-1-6-14(16)15-7-2-4-9-17(15)18/h1-10,18H,11-13H2,(H,22,27)(H,23,24)(H,25,26)/b10-5+. The number of alkyl carbamates (subject to hydrolysis) is 1. The highest BCUT2D eigenvalue weighted by atomic mass is 16.7. The first-order valence-electron chi connectivity index (χ1n) is 8.95. The lowest BCUT2D eigenvalue weighted by Crippen LogP contribution is -2.27. The fourth-order valence-corrected chi connectivity index (χ4v) is 3.16. The van der Waals surface area contributed by atoms with Crippen LogP contribution in [-0.4, -0.2) is 42.8 Å². The number of amides is 2. The van der Waals surface area contributed by atoms with Gasteiger partial charge in [0, 0.05) is 18.5 Å². The van der Waals surface area contributed by atoms with Gasteiger partial charge in [0.15, 0.2) is 6.61 Å². The molecule has 2 amide bonds. The van der Waals surface area contributed by atoms with Crippen LogP contribution in [0.25, 0.3) is 11.1 Å². The molecule has 8 nitrogen and oxygen atoms in total. The number of hydroxylamine groups is 1. The first-order chi connectivity index (χ1) is 14.1. The maximum atomic E-state index is 12.0. The number of carbonyl (C=O) groups excluding carboxylic acids is 2. The van der Waals surface area contributed by atoms with E-state index in [0.29, 0.717) is 0 Å². The van der Waals surface area contributed by atoms with Crippen LogP contribution in [0.5, 0.6) is 0 Å². The van der Waals surface area contributed by atoms with Gasteiger partial charge in [-0.25, -0.2) is 15.1 Å². The summed E-state index contributed by atoms with van der Waals surface area (Å²) in [6.07, 6.45) is 1.91. The van der Waals surface area contributed by atoms with Crippen molar-refractivity contribution in [3.63, 3.8) is 0 Å². The van der Waals surface area contributed by atoms with E-state index in [4.69, 9.17) is 9.84 Å². The molecule has 3 rings (SSSR count). The number of ether oxygens (including phenoxy) is 1. The second-order valence-corrected chi connectivity index (χ2v) is 6.26. The molecule has 2 aromatic carbocycles. The number of aliphatic carboxylic acids is 1. The van der Waals surface area contributed by atoms with Crippen LogP contribution >= 0.6 is 0 Å². The van der Waals surface area contributed by atoms with E-state index in [1.54, 1.807) is 0 Å². The minimum Gasteiger partial charge on any atom is -0.479 e. The lowest BCUT2D eigenvalue weighted by Gasteiger charge is -2.14. The van der Waals surface area contributed by atoms with Crippen LogP contribution in [-0.2, 0) is 19.2 Å². The van der Waals surface area contributed by atoms with Gasteiger partial charge in [0.25, 0.3) is 5.91 Å². The number of hydrogen-bond acceptors (Lipinski definition) is 5. The van der Waals surface area contributed by atoms with Gasteiger partial charge in [-0.3, -0.25) is 9.63 Å². The molecular formula is C21H20N2O6. The lowest BCUT2D eigenvalue weighted by atomic mass is 9.98. The van der Waals surface area contributed by atoms with E-state index in [2.05, 4.69) is 22.3 Å². The molecule has 0 bridgehead atoms. The summed E-state index contributed by atoms with van der Waals surface area (Å²) in [5.74, 6) is -1.87. The minimum atomic E-state index is -1.20. The van der Waals surface area contributed by atoms with E-state index in [-0.39, 0.29) is 19.1 Å². The van der Waals surface area contributed by atoms with Gasteiger partial charge in [0.05, 0.1) is 0 Å². The first-order valence-corrected chi connectivity index (χ1v) is 8.95. The lowest BCUT2D eigenvalue weighted by molar-refractivity contribution is -0.147. The molecule has 0 saturated heterocycles. The number of nitrogens with one attached hydrogen (secondary N) is 2. The highest BCUT2D eigenvalue weighted by Crippen LogP contribution is 2.44. The maximum Gasteiger partial charge on any atom is 0.407 e. The predicted molar refractivity (Wildman–Crippen MR) is 104 cm³/mol. The average molecular weight is 396 g/mol. The Morgan fingerprint density at radius 2 is 1.62 bits per heavy atom. The predicted octanol–water partition coefficient (Wildman–Crippen LogP) is 2.21. The smallest absolute Gasteiger partial charge is 0.407 e. The Kier molecular flexibility index (Phi) is 6.59. The summed E-state index contributed by atoms with van der Waals surface area (Å²) in [5, 5.41) is 10.9. The quantitative estimate of drug-likeness (QED) is 0.466. The van der Waals surface area contributed by atoms with Gasteiger partial charge in [-0.1, -0.05) is 54.6 Å². The van der Waals surface area contributed by atoms with E-state index in [1.807, 2.05) is 41.9 Å². The third-order valence-electron chi connectivity index (χ3n) is 4.35. The topological polar surface area (TPSA) is 114 Å². The number of fused-ring (bicyclic) bond motifs is 3. The van der Waals surface area contributed by atoms with Crippen molar-refractivity contribution in [3.8, 4) is 11.1 Å². The molecule has 1 aliphatic rings.